The normalized spacial score (nSPS) is 14.4. The smallest absolute Gasteiger partial charge is 0.250 e. The van der Waals surface area contributed by atoms with Crippen LogP contribution in [0.15, 0.2) is 24.8 Å². The van der Waals surface area contributed by atoms with Gasteiger partial charge in [-0.25, -0.2) is 8.78 Å². The topological polar surface area (TPSA) is 79.2 Å². The molecular weight excluding hydrogens is 340 g/mol. The molecule has 0 unspecified atom stereocenters. The number of aryl methyl sites for hydroxylation is 1. The number of benzene rings is 1. The number of halogens is 2. The fourth-order valence-corrected chi connectivity index (χ4v) is 3.45. The number of aromatic amines is 1. The van der Waals surface area contributed by atoms with Crippen molar-refractivity contribution in [2.75, 3.05) is 13.1 Å². The summed E-state index contributed by atoms with van der Waals surface area (Å²) in [4.78, 5) is 28.1. The number of fused-ring (bicyclic) bond motifs is 1. The lowest BCUT2D eigenvalue weighted by molar-refractivity contribution is -0.125. The lowest BCUT2D eigenvalue weighted by Crippen LogP contribution is -2.34. The van der Waals surface area contributed by atoms with Gasteiger partial charge >= 0.3 is 0 Å². The monoisotopic (exact) mass is 359 g/mol. The number of carbonyl (C=O) groups is 2. The molecule has 2 heterocycles. The number of amides is 2. The summed E-state index contributed by atoms with van der Waals surface area (Å²) in [6, 6.07) is 1.06. The molecule has 0 fully saturated rings. The van der Waals surface area contributed by atoms with Crippen LogP contribution in [0.5, 0.6) is 0 Å². The first-order valence-electron chi connectivity index (χ1n) is 8.19. The summed E-state index contributed by atoms with van der Waals surface area (Å²) in [6.07, 6.45) is 3.58. The molecule has 1 aliphatic heterocycles. The van der Waals surface area contributed by atoms with E-state index in [1.807, 2.05) is 6.08 Å². The molecule has 1 aromatic carbocycles. The molecule has 3 N–H and O–H groups in total. The first kappa shape index (κ1) is 17.8. The van der Waals surface area contributed by atoms with Crippen molar-refractivity contribution in [2.45, 2.75) is 20.0 Å². The number of nitrogens with two attached hydrogens (primary N) is 1. The largest absolute Gasteiger partial charge is 0.366 e. The Hall–Kier alpha value is -2.96. The van der Waals surface area contributed by atoms with Crippen LogP contribution in [0, 0.1) is 12.7 Å². The van der Waals surface area contributed by atoms with Gasteiger partial charge < -0.3 is 15.6 Å². The SMILES string of the molecule is C=CC(=O)N1CCC=C(c2c(F)cc(C(N)=O)c3[nH]c(C)c(CF)c23)C1. The zero-order valence-corrected chi connectivity index (χ0v) is 14.4. The number of carbonyl (C=O) groups excluding carboxylic acids is 2. The molecule has 0 saturated carbocycles. The summed E-state index contributed by atoms with van der Waals surface area (Å²) >= 11 is 0. The minimum absolute atomic E-state index is 0.0283. The number of nitrogens with one attached hydrogen (secondary N) is 1. The van der Waals surface area contributed by atoms with Crippen LogP contribution < -0.4 is 5.73 Å². The molecule has 2 aromatic rings. The maximum Gasteiger partial charge on any atom is 0.250 e. The van der Waals surface area contributed by atoms with Gasteiger partial charge in [-0.3, -0.25) is 9.59 Å². The molecule has 5 nitrogen and oxygen atoms in total. The Labute approximate surface area is 149 Å². The summed E-state index contributed by atoms with van der Waals surface area (Å²) in [5.41, 5.74) is 7.20. The van der Waals surface area contributed by atoms with Gasteiger partial charge in [0.25, 0.3) is 5.91 Å². The second-order valence-corrected chi connectivity index (χ2v) is 6.24. The average Bonchev–Trinajstić information content (AvgIpc) is 2.95. The third-order valence-electron chi connectivity index (χ3n) is 4.70. The lowest BCUT2D eigenvalue weighted by Gasteiger charge is -2.27. The van der Waals surface area contributed by atoms with Gasteiger partial charge in [-0.1, -0.05) is 12.7 Å². The van der Waals surface area contributed by atoms with Crippen molar-refractivity contribution in [3.63, 3.8) is 0 Å². The molecule has 0 spiro atoms. The van der Waals surface area contributed by atoms with Gasteiger partial charge in [0.05, 0.1) is 11.1 Å². The quantitative estimate of drug-likeness (QED) is 0.823. The van der Waals surface area contributed by atoms with E-state index in [0.717, 1.165) is 6.07 Å². The van der Waals surface area contributed by atoms with E-state index >= 15 is 0 Å². The van der Waals surface area contributed by atoms with Crippen molar-refractivity contribution in [3.05, 3.63) is 53.0 Å². The summed E-state index contributed by atoms with van der Waals surface area (Å²) < 4.78 is 28.6. The standard InChI is InChI=1S/C19H19F2N3O2/c1-3-15(25)24-6-4-5-11(9-24)16-14(21)7-12(19(22)26)18-17(16)13(8-20)10(2)23-18/h3,5,7,23H,1,4,6,8-9H2,2H3,(H2,22,26). The van der Waals surface area contributed by atoms with Crippen LogP contribution in [-0.2, 0) is 11.5 Å². The molecule has 26 heavy (non-hydrogen) atoms. The van der Waals surface area contributed by atoms with Crippen LogP contribution >= 0.6 is 0 Å². The van der Waals surface area contributed by atoms with E-state index in [-0.39, 0.29) is 29.1 Å². The second-order valence-electron chi connectivity index (χ2n) is 6.24. The summed E-state index contributed by atoms with van der Waals surface area (Å²) in [6.45, 7) is 5.00. The summed E-state index contributed by atoms with van der Waals surface area (Å²) in [5, 5.41) is 0.304. The first-order valence-corrected chi connectivity index (χ1v) is 8.19. The first-order chi connectivity index (χ1) is 12.4. The van der Waals surface area contributed by atoms with Crippen LogP contribution in [0.1, 0.15) is 33.6 Å². The fourth-order valence-electron chi connectivity index (χ4n) is 3.45. The van der Waals surface area contributed by atoms with Crippen LogP contribution in [-0.4, -0.2) is 34.8 Å². The van der Waals surface area contributed by atoms with Crippen LogP contribution in [0.2, 0.25) is 0 Å². The Morgan fingerprint density at radius 3 is 2.81 bits per heavy atom. The molecule has 1 aromatic heterocycles. The van der Waals surface area contributed by atoms with E-state index in [9.17, 15) is 18.4 Å². The Morgan fingerprint density at radius 2 is 2.19 bits per heavy atom. The lowest BCUT2D eigenvalue weighted by atomic mass is 9.93. The molecule has 136 valence electrons. The van der Waals surface area contributed by atoms with Crippen LogP contribution in [0.4, 0.5) is 8.78 Å². The van der Waals surface area contributed by atoms with Crippen molar-refractivity contribution < 1.29 is 18.4 Å². The Bertz CT molecular complexity index is 960. The third-order valence-corrected chi connectivity index (χ3v) is 4.70. The second kappa shape index (κ2) is 6.74. The molecule has 1 aliphatic rings. The zero-order chi connectivity index (χ0) is 19.0. The average molecular weight is 359 g/mol. The van der Waals surface area contributed by atoms with Gasteiger partial charge in [-0.15, -0.1) is 0 Å². The minimum Gasteiger partial charge on any atom is -0.366 e. The molecule has 0 radical (unpaired) electrons. The summed E-state index contributed by atoms with van der Waals surface area (Å²) in [7, 11) is 0. The van der Waals surface area contributed by atoms with Crippen molar-refractivity contribution >= 4 is 28.3 Å². The number of primary amides is 1. The molecule has 3 rings (SSSR count). The third kappa shape index (κ3) is 2.79. The number of aromatic nitrogens is 1. The van der Waals surface area contributed by atoms with E-state index in [1.54, 1.807) is 11.8 Å². The van der Waals surface area contributed by atoms with Gasteiger partial charge in [0.2, 0.25) is 5.91 Å². The van der Waals surface area contributed by atoms with Crippen molar-refractivity contribution in [2.24, 2.45) is 5.73 Å². The Kier molecular flexibility index (Phi) is 4.63. The predicted molar refractivity (Wildman–Crippen MR) is 95.7 cm³/mol. The Balaban J connectivity index is 2.26. The molecule has 0 saturated heterocycles. The molecule has 0 atom stereocenters. The van der Waals surface area contributed by atoms with E-state index < -0.39 is 18.4 Å². The Morgan fingerprint density at radius 1 is 1.46 bits per heavy atom. The van der Waals surface area contributed by atoms with E-state index in [0.29, 0.717) is 35.1 Å². The maximum atomic E-state index is 15.0. The van der Waals surface area contributed by atoms with Crippen molar-refractivity contribution in [1.29, 1.82) is 0 Å². The van der Waals surface area contributed by atoms with Gasteiger partial charge in [0, 0.05) is 35.3 Å². The summed E-state index contributed by atoms with van der Waals surface area (Å²) in [5.74, 6) is -1.72. The zero-order valence-electron chi connectivity index (χ0n) is 14.4. The number of hydrogen-bond donors (Lipinski definition) is 2. The van der Waals surface area contributed by atoms with Gasteiger partial charge in [0.15, 0.2) is 0 Å². The fraction of sp³-hybridized carbons (Fsp3) is 0.263. The number of nitrogens with zero attached hydrogens (tertiary/aromatic N) is 1. The molecule has 7 heteroatoms. The molecule has 0 aliphatic carbocycles. The van der Waals surface area contributed by atoms with Crippen LogP contribution in [0.25, 0.3) is 16.5 Å². The van der Waals surface area contributed by atoms with Gasteiger partial charge in [-0.05, 0) is 31.1 Å². The highest BCUT2D eigenvalue weighted by atomic mass is 19.1. The highest BCUT2D eigenvalue weighted by Gasteiger charge is 2.26. The van der Waals surface area contributed by atoms with E-state index in [4.69, 9.17) is 5.73 Å². The van der Waals surface area contributed by atoms with Crippen LogP contribution in [0.3, 0.4) is 0 Å². The number of alkyl halides is 1. The number of rotatable bonds is 4. The van der Waals surface area contributed by atoms with E-state index in [1.165, 1.54) is 6.08 Å². The molecule has 0 bridgehead atoms. The molecular formula is C19H19F2N3O2. The molecule has 2 amide bonds. The predicted octanol–water partition coefficient (Wildman–Crippen LogP) is 2.99. The minimum atomic E-state index is -0.816. The maximum absolute atomic E-state index is 15.0. The van der Waals surface area contributed by atoms with Gasteiger partial charge in [-0.2, -0.15) is 0 Å². The van der Waals surface area contributed by atoms with Crippen molar-refractivity contribution in [1.82, 2.24) is 9.88 Å². The van der Waals surface area contributed by atoms with E-state index in [2.05, 4.69) is 11.6 Å². The number of H-pyrrole nitrogens is 1. The number of hydrogen-bond acceptors (Lipinski definition) is 2. The highest BCUT2D eigenvalue weighted by molar-refractivity contribution is 6.09. The van der Waals surface area contributed by atoms with Gasteiger partial charge in [0.1, 0.15) is 12.5 Å². The van der Waals surface area contributed by atoms with Crippen molar-refractivity contribution in [3.8, 4) is 0 Å². The highest BCUT2D eigenvalue weighted by Crippen LogP contribution is 2.36.